The molecule has 0 bridgehead atoms. The minimum atomic E-state index is -0.882. The minimum absolute atomic E-state index is 0.0753. The minimum Gasteiger partial charge on any atom is -0.486 e. The number of rotatable bonds is 5. The molecule has 1 N–H and O–H groups in total. The van der Waals surface area contributed by atoms with Gasteiger partial charge in [-0.1, -0.05) is 21.1 Å². The molecular weight excluding hydrogens is 414 g/mol. The maximum absolute atomic E-state index is 13.4. The first-order valence-corrected chi connectivity index (χ1v) is 8.31. The number of halogens is 3. The van der Waals surface area contributed by atoms with Gasteiger partial charge < -0.3 is 19.6 Å². The van der Waals surface area contributed by atoms with E-state index in [1.54, 1.807) is 12.1 Å². The zero-order valence-electron chi connectivity index (χ0n) is 13.3. The number of hydrogen-bond acceptors (Lipinski definition) is 5. The number of amides is 1. The molecule has 9 heteroatoms. The predicted octanol–water partition coefficient (Wildman–Crippen LogP) is 3.64. The third-order valence-corrected chi connectivity index (χ3v) is 4.10. The molecule has 3 rings (SSSR count). The fourth-order valence-electron chi connectivity index (χ4n) is 2.16. The second-order valence-corrected chi connectivity index (χ2v) is 6.06. The van der Waals surface area contributed by atoms with Crippen LogP contribution in [0.4, 0.5) is 14.5 Å². The van der Waals surface area contributed by atoms with Crippen molar-refractivity contribution in [3.63, 3.8) is 0 Å². The molecule has 0 fully saturated rings. The molecule has 1 heterocycles. The van der Waals surface area contributed by atoms with Crippen molar-refractivity contribution in [1.29, 1.82) is 0 Å². The third-order valence-electron chi connectivity index (χ3n) is 3.36. The van der Waals surface area contributed by atoms with E-state index in [4.69, 9.17) is 14.3 Å². The van der Waals surface area contributed by atoms with Crippen LogP contribution in [0, 0.1) is 11.6 Å². The van der Waals surface area contributed by atoms with E-state index in [1.807, 2.05) is 0 Å². The Bertz CT molecular complexity index is 861. The highest BCUT2D eigenvalue weighted by Crippen LogP contribution is 2.35. The highest BCUT2D eigenvalue weighted by Gasteiger charge is 2.15. The van der Waals surface area contributed by atoms with Crippen molar-refractivity contribution in [3.8, 4) is 11.5 Å². The maximum Gasteiger partial charge on any atom is 0.270 e. The molecule has 0 saturated heterocycles. The van der Waals surface area contributed by atoms with Gasteiger partial charge in [-0.25, -0.2) is 8.78 Å². The Morgan fingerprint density at radius 2 is 1.96 bits per heavy atom. The van der Waals surface area contributed by atoms with Gasteiger partial charge in [-0.2, -0.15) is 0 Å². The zero-order valence-corrected chi connectivity index (χ0v) is 14.9. The Balaban J connectivity index is 1.55. The summed E-state index contributed by atoms with van der Waals surface area (Å²) in [5.41, 5.74) is 0.591. The van der Waals surface area contributed by atoms with Gasteiger partial charge in [-0.05, 0) is 24.3 Å². The quantitative estimate of drug-likeness (QED) is 0.585. The Morgan fingerprint density at radius 3 is 2.69 bits per heavy atom. The number of hydrogen-bond donors (Lipinski definition) is 1. The third kappa shape index (κ3) is 4.48. The molecule has 0 spiro atoms. The van der Waals surface area contributed by atoms with Gasteiger partial charge in [0.25, 0.3) is 5.91 Å². The summed E-state index contributed by atoms with van der Waals surface area (Å²) in [5.74, 6) is -1.09. The molecule has 0 radical (unpaired) electrons. The van der Waals surface area contributed by atoms with Gasteiger partial charge in [-0.3, -0.25) is 4.79 Å². The number of oxime groups is 1. The summed E-state index contributed by atoms with van der Waals surface area (Å²) in [4.78, 5) is 16.8. The monoisotopic (exact) mass is 426 g/mol. The number of ether oxygens (including phenoxy) is 2. The van der Waals surface area contributed by atoms with Crippen LogP contribution in [-0.2, 0) is 16.2 Å². The van der Waals surface area contributed by atoms with Gasteiger partial charge >= 0.3 is 0 Å². The first-order valence-electron chi connectivity index (χ1n) is 7.52. The van der Waals surface area contributed by atoms with E-state index in [1.165, 1.54) is 0 Å². The van der Waals surface area contributed by atoms with Crippen molar-refractivity contribution >= 4 is 33.7 Å². The second-order valence-electron chi connectivity index (χ2n) is 5.21. The number of fused-ring (bicyclic) bond motifs is 1. The molecule has 136 valence electrons. The molecule has 0 unspecified atom stereocenters. The van der Waals surface area contributed by atoms with Gasteiger partial charge in [0.1, 0.15) is 37.7 Å². The van der Waals surface area contributed by atoms with E-state index in [-0.39, 0.29) is 12.3 Å². The standard InChI is InChI=1S/C17H13BrF2N2O4/c18-12-7-16-15(24-3-4-25-16)5-10(12)9-26-21-8-17(23)22-14-2-1-11(19)6-13(14)20/h1-2,5-8H,3-4,9H2,(H,22,23). The molecule has 2 aromatic rings. The van der Waals surface area contributed by atoms with E-state index in [0.717, 1.165) is 28.4 Å². The number of nitrogens with one attached hydrogen (secondary N) is 1. The largest absolute Gasteiger partial charge is 0.486 e. The van der Waals surface area contributed by atoms with Crippen LogP contribution in [0.3, 0.4) is 0 Å². The lowest BCUT2D eigenvalue weighted by Gasteiger charge is -2.19. The molecule has 6 nitrogen and oxygen atoms in total. The van der Waals surface area contributed by atoms with Gasteiger partial charge in [0.2, 0.25) is 0 Å². The molecular formula is C17H13BrF2N2O4. The molecule has 0 aliphatic carbocycles. The first kappa shape index (κ1) is 18.1. The van der Waals surface area contributed by atoms with Crippen molar-refractivity contribution in [3.05, 3.63) is 52.0 Å². The summed E-state index contributed by atoms with van der Waals surface area (Å²) < 4.78 is 37.9. The molecule has 0 saturated carbocycles. The van der Waals surface area contributed by atoms with Crippen molar-refractivity contribution in [1.82, 2.24) is 0 Å². The number of carbonyl (C=O) groups excluding carboxylic acids is 1. The van der Waals surface area contributed by atoms with E-state index in [0.29, 0.717) is 30.8 Å². The summed E-state index contributed by atoms with van der Waals surface area (Å²) in [7, 11) is 0. The van der Waals surface area contributed by atoms with Crippen molar-refractivity contribution in [2.75, 3.05) is 18.5 Å². The molecule has 2 aromatic carbocycles. The van der Waals surface area contributed by atoms with Gasteiger partial charge in [0.15, 0.2) is 11.5 Å². The SMILES string of the molecule is O=C(C=NOCc1cc2c(cc1Br)OCCO2)Nc1ccc(F)cc1F. The van der Waals surface area contributed by atoms with Crippen LogP contribution in [0.5, 0.6) is 11.5 Å². The van der Waals surface area contributed by atoms with E-state index < -0.39 is 17.5 Å². The molecule has 0 aromatic heterocycles. The fourth-order valence-corrected chi connectivity index (χ4v) is 2.60. The van der Waals surface area contributed by atoms with E-state index >= 15 is 0 Å². The van der Waals surface area contributed by atoms with Crippen LogP contribution in [0.15, 0.2) is 40.0 Å². The number of carbonyl (C=O) groups is 1. The van der Waals surface area contributed by atoms with Gasteiger partial charge in [0.05, 0.1) is 5.69 Å². The van der Waals surface area contributed by atoms with Crippen molar-refractivity contribution < 1.29 is 27.9 Å². The summed E-state index contributed by atoms with van der Waals surface area (Å²) >= 11 is 3.40. The summed E-state index contributed by atoms with van der Waals surface area (Å²) in [6, 6.07) is 6.33. The first-order chi connectivity index (χ1) is 12.5. The molecule has 26 heavy (non-hydrogen) atoms. The average Bonchev–Trinajstić information content (AvgIpc) is 2.61. The fraction of sp³-hybridized carbons (Fsp3) is 0.176. The highest BCUT2D eigenvalue weighted by molar-refractivity contribution is 9.10. The van der Waals surface area contributed by atoms with Gasteiger partial charge in [-0.15, -0.1) is 0 Å². The lowest BCUT2D eigenvalue weighted by atomic mass is 10.2. The topological polar surface area (TPSA) is 69.2 Å². The smallest absolute Gasteiger partial charge is 0.270 e. The zero-order chi connectivity index (χ0) is 18.5. The Kier molecular flexibility index (Phi) is 5.67. The number of anilines is 1. The van der Waals surface area contributed by atoms with E-state index in [9.17, 15) is 13.6 Å². The maximum atomic E-state index is 13.4. The lowest BCUT2D eigenvalue weighted by molar-refractivity contribution is -0.110. The highest BCUT2D eigenvalue weighted by atomic mass is 79.9. The summed E-state index contributed by atoms with van der Waals surface area (Å²) in [5, 5.41) is 5.77. The molecule has 1 aliphatic heterocycles. The van der Waals surface area contributed by atoms with Crippen molar-refractivity contribution in [2.24, 2.45) is 5.16 Å². The second kappa shape index (κ2) is 8.13. The van der Waals surface area contributed by atoms with Crippen LogP contribution in [0.25, 0.3) is 0 Å². The lowest BCUT2D eigenvalue weighted by Crippen LogP contribution is -2.15. The number of benzene rings is 2. The molecule has 0 atom stereocenters. The molecule has 1 amide bonds. The van der Waals surface area contributed by atoms with E-state index in [2.05, 4.69) is 26.4 Å². The normalized spacial score (nSPS) is 12.9. The summed E-state index contributed by atoms with van der Waals surface area (Å²) in [6.45, 7) is 1.03. The van der Waals surface area contributed by atoms with Crippen LogP contribution in [-0.4, -0.2) is 25.3 Å². The number of nitrogens with zero attached hydrogens (tertiary/aromatic N) is 1. The van der Waals surface area contributed by atoms with Crippen LogP contribution >= 0.6 is 15.9 Å². The van der Waals surface area contributed by atoms with Gasteiger partial charge in [0, 0.05) is 16.1 Å². The molecule has 1 aliphatic rings. The van der Waals surface area contributed by atoms with Crippen LogP contribution in [0.2, 0.25) is 0 Å². The van der Waals surface area contributed by atoms with Crippen LogP contribution in [0.1, 0.15) is 5.56 Å². The Hall–Kier alpha value is -2.68. The van der Waals surface area contributed by atoms with Crippen molar-refractivity contribution in [2.45, 2.75) is 6.61 Å². The predicted molar refractivity (Wildman–Crippen MR) is 93.4 cm³/mol. The Morgan fingerprint density at radius 1 is 1.23 bits per heavy atom. The Labute approximate surface area is 155 Å². The summed E-state index contributed by atoms with van der Waals surface area (Å²) in [6.07, 6.45) is 0.856. The van der Waals surface area contributed by atoms with Crippen LogP contribution < -0.4 is 14.8 Å². The average molecular weight is 427 g/mol.